The first-order chi connectivity index (χ1) is 8.44. The van der Waals surface area contributed by atoms with E-state index in [2.05, 4.69) is 19.9 Å². The van der Waals surface area contributed by atoms with Crippen LogP contribution in [0.2, 0.25) is 0 Å². The summed E-state index contributed by atoms with van der Waals surface area (Å²) in [5.74, 6) is -0.232. The minimum Gasteiger partial charge on any atom is -0.341 e. The maximum atomic E-state index is 14.2. The molecular weight excluding hydrogens is 229 g/mol. The number of carbonyl (C=O) groups is 1. The molecule has 96 valence electrons. The lowest BCUT2D eigenvalue weighted by molar-refractivity contribution is 0.0752. The number of carbonyl (C=O) groups excluding carboxylic acids is 1. The Morgan fingerprint density at radius 1 is 1.33 bits per heavy atom. The number of fused-ring (bicyclic) bond motifs is 2. The van der Waals surface area contributed by atoms with Gasteiger partial charge in [0, 0.05) is 19.0 Å². The van der Waals surface area contributed by atoms with Crippen molar-refractivity contribution in [3.05, 3.63) is 34.6 Å². The van der Waals surface area contributed by atoms with Crippen LogP contribution in [-0.4, -0.2) is 24.4 Å². The molecule has 1 heterocycles. The Labute approximate surface area is 107 Å². The van der Waals surface area contributed by atoms with Gasteiger partial charge in [-0.3, -0.25) is 4.79 Å². The van der Waals surface area contributed by atoms with Gasteiger partial charge in [-0.25, -0.2) is 4.39 Å². The van der Waals surface area contributed by atoms with E-state index in [1.54, 1.807) is 11.9 Å². The summed E-state index contributed by atoms with van der Waals surface area (Å²) in [6.07, 6.45) is 2.14. The Bertz CT molecular complexity index is 532. The molecule has 0 unspecified atom stereocenters. The van der Waals surface area contributed by atoms with Crippen LogP contribution in [0.3, 0.4) is 0 Å². The molecule has 1 aliphatic carbocycles. The van der Waals surface area contributed by atoms with Crippen molar-refractivity contribution in [1.82, 2.24) is 4.90 Å². The predicted octanol–water partition coefficient (Wildman–Crippen LogP) is 3.07. The largest absolute Gasteiger partial charge is 0.341 e. The molecule has 3 rings (SSSR count). The summed E-state index contributed by atoms with van der Waals surface area (Å²) in [6.45, 7) is 4.84. The number of nitrogens with zero attached hydrogens (tertiary/aromatic N) is 1. The third kappa shape index (κ3) is 1.49. The Hall–Kier alpha value is -1.38. The van der Waals surface area contributed by atoms with Crippen molar-refractivity contribution in [2.45, 2.75) is 38.0 Å². The molecule has 2 nitrogen and oxygen atoms in total. The van der Waals surface area contributed by atoms with E-state index in [9.17, 15) is 9.18 Å². The number of rotatable bonds is 1. The molecule has 0 bridgehead atoms. The monoisotopic (exact) mass is 247 g/mol. The highest BCUT2D eigenvalue weighted by atomic mass is 19.1. The standard InChI is InChI=1S/C15H18FNO/c1-9(2)10-6-11-13(12(16)7-10)14(18)17(3)8-15(11)4-5-15/h6-7,9H,4-5,8H2,1-3H3. The molecule has 2 aliphatic rings. The average molecular weight is 247 g/mol. The van der Waals surface area contributed by atoms with Gasteiger partial charge < -0.3 is 4.90 Å². The SMILES string of the molecule is CC(C)c1cc(F)c2c(c1)C1(CC1)CN(C)C2=O. The number of benzene rings is 1. The molecule has 0 aromatic heterocycles. The normalized spacial score (nSPS) is 20.5. The van der Waals surface area contributed by atoms with Crippen LogP contribution < -0.4 is 0 Å². The van der Waals surface area contributed by atoms with E-state index in [1.165, 1.54) is 6.07 Å². The topological polar surface area (TPSA) is 20.3 Å². The number of amides is 1. The molecule has 0 saturated heterocycles. The third-order valence-electron chi connectivity index (χ3n) is 4.30. The van der Waals surface area contributed by atoms with Crippen LogP contribution in [0.25, 0.3) is 0 Å². The zero-order valence-corrected chi connectivity index (χ0v) is 11.1. The maximum Gasteiger partial charge on any atom is 0.256 e. The summed E-state index contributed by atoms with van der Waals surface area (Å²) < 4.78 is 14.2. The molecule has 3 heteroatoms. The van der Waals surface area contributed by atoms with Gasteiger partial charge in [0.05, 0.1) is 5.56 Å². The van der Waals surface area contributed by atoms with Crippen molar-refractivity contribution in [3.63, 3.8) is 0 Å². The van der Waals surface area contributed by atoms with E-state index >= 15 is 0 Å². The minimum atomic E-state index is -0.348. The third-order valence-corrected chi connectivity index (χ3v) is 4.30. The Balaban J connectivity index is 2.22. The predicted molar refractivity (Wildman–Crippen MR) is 68.4 cm³/mol. The van der Waals surface area contributed by atoms with Crippen molar-refractivity contribution >= 4 is 5.91 Å². The number of halogens is 1. The highest BCUT2D eigenvalue weighted by molar-refractivity contribution is 5.98. The van der Waals surface area contributed by atoms with Gasteiger partial charge in [-0.2, -0.15) is 0 Å². The van der Waals surface area contributed by atoms with E-state index < -0.39 is 0 Å². The smallest absolute Gasteiger partial charge is 0.256 e. The number of hydrogen-bond donors (Lipinski definition) is 0. The summed E-state index contributed by atoms with van der Waals surface area (Å²) >= 11 is 0. The van der Waals surface area contributed by atoms with Crippen molar-refractivity contribution in [3.8, 4) is 0 Å². The molecule has 18 heavy (non-hydrogen) atoms. The molecule has 0 N–H and O–H groups in total. The van der Waals surface area contributed by atoms with Crippen LogP contribution in [-0.2, 0) is 5.41 Å². The van der Waals surface area contributed by atoms with Gasteiger partial charge in [0.15, 0.2) is 0 Å². The maximum absolute atomic E-state index is 14.2. The van der Waals surface area contributed by atoms with E-state index in [0.717, 1.165) is 30.5 Å². The van der Waals surface area contributed by atoms with Gasteiger partial charge >= 0.3 is 0 Å². The second-order valence-corrected chi connectivity index (χ2v) is 6.02. The highest BCUT2D eigenvalue weighted by Gasteiger charge is 2.51. The average Bonchev–Trinajstić information content (AvgIpc) is 3.06. The van der Waals surface area contributed by atoms with Gasteiger partial charge in [-0.15, -0.1) is 0 Å². The first-order valence-corrected chi connectivity index (χ1v) is 6.54. The van der Waals surface area contributed by atoms with Crippen LogP contribution in [0.1, 0.15) is 54.1 Å². The van der Waals surface area contributed by atoms with Gasteiger partial charge in [-0.05, 0) is 36.0 Å². The molecule has 1 aliphatic heterocycles. The fourth-order valence-electron chi connectivity index (χ4n) is 2.98. The van der Waals surface area contributed by atoms with Crippen LogP contribution in [0.15, 0.2) is 12.1 Å². The lowest BCUT2D eigenvalue weighted by Crippen LogP contribution is -2.41. The van der Waals surface area contributed by atoms with Crippen molar-refractivity contribution < 1.29 is 9.18 Å². The Kier molecular flexibility index (Phi) is 2.31. The minimum absolute atomic E-state index is 0.0454. The molecular formula is C15H18FNO. The molecule has 0 radical (unpaired) electrons. The van der Waals surface area contributed by atoms with E-state index in [-0.39, 0.29) is 23.1 Å². The van der Waals surface area contributed by atoms with Crippen LogP contribution in [0.5, 0.6) is 0 Å². The summed E-state index contributed by atoms with van der Waals surface area (Å²) in [6, 6.07) is 3.58. The summed E-state index contributed by atoms with van der Waals surface area (Å²) in [4.78, 5) is 13.8. The molecule has 1 saturated carbocycles. The zero-order valence-electron chi connectivity index (χ0n) is 11.1. The molecule has 1 fully saturated rings. The summed E-state index contributed by atoms with van der Waals surface area (Å²) in [7, 11) is 1.77. The highest BCUT2D eigenvalue weighted by Crippen LogP contribution is 2.52. The first-order valence-electron chi connectivity index (χ1n) is 6.54. The van der Waals surface area contributed by atoms with Gasteiger partial charge in [0.25, 0.3) is 5.91 Å². The second-order valence-electron chi connectivity index (χ2n) is 6.02. The fraction of sp³-hybridized carbons (Fsp3) is 0.533. The Morgan fingerprint density at radius 2 is 2.00 bits per heavy atom. The zero-order chi connectivity index (χ0) is 13.1. The second kappa shape index (κ2) is 3.56. The summed E-state index contributed by atoms with van der Waals surface area (Å²) in [5, 5.41) is 0. The fourth-order valence-corrected chi connectivity index (χ4v) is 2.98. The van der Waals surface area contributed by atoms with Gasteiger partial charge in [0.1, 0.15) is 5.82 Å². The lowest BCUT2D eigenvalue weighted by Gasteiger charge is -2.33. The van der Waals surface area contributed by atoms with Crippen LogP contribution >= 0.6 is 0 Å². The van der Waals surface area contributed by atoms with Gasteiger partial charge in [0.2, 0.25) is 0 Å². The number of likely N-dealkylation sites (N-methyl/N-ethyl adjacent to an activating group) is 1. The molecule has 1 aromatic rings. The van der Waals surface area contributed by atoms with E-state index in [1.807, 2.05) is 0 Å². The van der Waals surface area contributed by atoms with Crippen molar-refractivity contribution in [1.29, 1.82) is 0 Å². The quantitative estimate of drug-likeness (QED) is 0.747. The molecule has 0 atom stereocenters. The van der Waals surface area contributed by atoms with Gasteiger partial charge in [-0.1, -0.05) is 19.9 Å². The van der Waals surface area contributed by atoms with Crippen molar-refractivity contribution in [2.24, 2.45) is 0 Å². The van der Waals surface area contributed by atoms with E-state index in [0.29, 0.717) is 5.56 Å². The lowest BCUT2D eigenvalue weighted by atomic mass is 9.83. The molecule has 1 aromatic carbocycles. The van der Waals surface area contributed by atoms with Crippen LogP contribution in [0, 0.1) is 5.82 Å². The van der Waals surface area contributed by atoms with E-state index in [4.69, 9.17) is 0 Å². The van der Waals surface area contributed by atoms with Crippen LogP contribution in [0.4, 0.5) is 4.39 Å². The Morgan fingerprint density at radius 3 is 2.56 bits per heavy atom. The van der Waals surface area contributed by atoms with Crippen molar-refractivity contribution in [2.75, 3.05) is 13.6 Å². The summed E-state index contributed by atoms with van der Waals surface area (Å²) in [5.41, 5.74) is 2.30. The first kappa shape index (κ1) is 11.7. The number of hydrogen-bond acceptors (Lipinski definition) is 1. The molecule has 1 amide bonds. The molecule has 1 spiro atoms.